The van der Waals surface area contributed by atoms with Crippen LogP contribution in [0.3, 0.4) is 0 Å². The van der Waals surface area contributed by atoms with E-state index in [-0.39, 0.29) is 24.4 Å². The van der Waals surface area contributed by atoms with Crippen LogP contribution in [0.2, 0.25) is 0 Å². The van der Waals surface area contributed by atoms with E-state index in [9.17, 15) is 9.59 Å². The highest BCUT2D eigenvalue weighted by atomic mass is 16.4. The lowest BCUT2D eigenvalue weighted by Gasteiger charge is -2.35. The van der Waals surface area contributed by atoms with Gasteiger partial charge in [-0.15, -0.1) is 0 Å². The maximum atomic E-state index is 12.3. The van der Waals surface area contributed by atoms with E-state index in [4.69, 9.17) is 5.11 Å². The van der Waals surface area contributed by atoms with Crippen LogP contribution in [0.1, 0.15) is 39.2 Å². The maximum absolute atomic E-state index is 12.3. The largest absolute Gasteiger partial charge is 0.481 e. The summed E-state index contributed by atoms with van der Waals surface area (Å²) >= 11 is 0. The van der Waals surface area contributed by atoms with Crippen LogP contribution in [0.5, 0.6) is 0 Å². The second kappa shape index (κ2) is 7.08. The predicted molar refractivity (Wildman–Crippen MR) is 78.5 cm³/mol. The molecule has 0 unspecified atom stereocenters. The number of benzene rings is 1. The first-order valence-electron chi connectivity index (χ1n) is 6.87. The third-order valence-electron chi connectivity index (χ3n) is 3.13. The van der Waals surface area contributed by atoms with Crippen molar-refractivity contribution >= 4 is 11.9 Å². The molecule has 1 aromatic rings. The van der Waals surface area contributed by atoms with Gasteiger partial charge in [0, 0.05) is 18.5 Å². The number of amides is 1. The smallest absolute Gasteiger partial charge is 0.305 e. The lowest BCUT2D eigenvalue weighted by Crippen LogP contribution is -2.46. The molecule has 0 aliphatic rings. The Bertz CT molecular complexity index is 449. The van der Waals surface area contributed by atoms with Crippen LogP contribution < -0.4 is 0 Å². The van der Waals surface area contributed by atoms with Crippen LogP contribution in [0, 0.1) is 0 Å². The molecule has 0 spiro atoms. The van der Waals surface area contributed by atoms with Crippen LogP contribution in [0.25, 0.3) is 0 Å². The Labute approximate surface area is 120 Å². The van der Waals surface area contributed by atoms with Crippen molar-refractivity contribution in [1.82, 2.24) is 4.90 Å². The second-order valence-electron chi connectivity index (χ2n) is 5.85. The van der Waals surface area contributed by atoms with Crippen molar-refractivity contribution in [3.63, 3.8) is 0 Å². The minimum Gasteiger partial charge on any atom is -0.481 e. The standard InChI is InChI=1S/C16H23NO3/c1-16(2,3)17(12-11-15(19)20)14(18)10-9-13-7-5-4-6-8-13/h4-8H,9-12H2,1-3H3,(H,19,20). The minimum absolute atomic E-state index is 0.00241. The van der Waals surface area contributed by atoms with Gasteiger partial charge in [-0.05, 0) is 32.8 Å². The highest BCUT2D eigenvalue weighted by Crippen LogP contribution is 2.16. The summed E-state index contributed by atoms with van der Waals surface area (Å²) in [6.45, 7) is 6.03. The molecule has 4 nitrogen and oxygen atoms in total. The van der Waals surface area contributed by atoms with E-state index < -0.39 is 5.97 Å². The molecule has 0 saturated carbocycles. The fourth-order valence-corrected chi connectivity index (χ4v) is 2.07. The summed E-state index contributed by atoms with van der Waals surface area (Å²) in [5, 5.41) is 8.78. The molecule has 0 saturated heterocycles. The number of rotatable bonds is 6. The van der Waals surface area contributed by atoms with Gasteiger partial charge in [-0.2, -0.15) is 0 Å². The minimum atomic E-state index is -0.880. The molecule has 0 heterocycles. The summed E-state index contributed by atoms with van der Waals surface area (Å²) in [6.07, 6.45) is 1.06. The zero-order valence-electron chi connectivity index (χ0n) is 12.4. The van der Waals surface area contributed by atoms with Crippen molar-refractivity contribution in [1.29, 1.82) is 0 Å². The number of hydrogen-bond acceptors (Lipinski definition) is 2. The van der Waals surface area contributed by atoms with Gasteiger partial charge >= 0.3 is 5.97 Å². The fourth-order valence-electron chi connectivity index (χ4n) is 2.07. The van der Waals surface area contributed by atoms with Gasteiger partial charge in [-0.1, -0.05) is 30.3 Å². The number of aliphatic carboxylic acids is 1. The van der Waals surface area contributed by atoms with Crippen LogP contribution in [0.4, 0.5) is 0 Å². The van der Waals surface area contributed by atoms with Crippen molar-refractivity contribution in [2.24, 2.45) is 0 Å². The number of carbonyl (C=O) groups is 2. The van der Waals surface area contributed by atoms with Crippen molar-refractivity contribution in [2.45, 2.75) is 45.6 Å². The maximum Gasteiger partial charge on any atom is 0.305 e. The SMILES string of the molecule is CC(C)(C)N(CCC(=O)O)C(=O)CCc1ccccc1. The van der Waals surface area contributed by atoms with Crippen LogP contribution in [-0.2, 0) is 16.0 Å². The monoisotopic (exact) mass is 277 g/mol. The normalized spacial score (nSPS) is 11.2. The first-order chi connectivity index (χ1) is 9.30. The van der Waals surface area contributed by atoms with Gasteiger partial charge in [0.25, 0.3) is 0 Å². The molecule has 0 aromatic heterocycles. The lowest BCUT2D eigenvalue weighted by atomic mass is 10.0. The van der Waals surface area contributed by atoms with E-state index in [1.54, 1.807) is 4.90 Å². The van der Waals surface area contributed by atoms with Gasteiger partial charge in [0.1, 0.15) is 0 Å². The molecule has 0 bridgehead atoms. The van der Waals surface area contributed by atoms with Crippen molar-refractivity contribution in [3.8, 4) is 0 Å². The van der Waals surface area contributed by atoms with E-state index in [0.29, 0.717) is 12.8 Å². The Hall–Kier alpha value is -1.84. The second-order valence-corrected chi connectivity index (χ2v) is 5.85. The molecule has 0 aliphatic carbocycles. The molecule has 4 heteroatoms. The van der Waals surface area contributed by atoms with E-state index >= 15 is 0 Å². The number of carbonyl (C=O) groups excluding carboxylic acids is 1. The zero-order chi connectivity index (χ0) is 15.2. The summed E-state index contributed by atoms with van der Waals surface area (Å²) in [6, 6.07) is 9.83. The lowest BCUT2D eigenvalue weighted by molar-refractivity contribution is -0.140. The highest BCUT2D eigenvalue weighted by Gasteiger charge is 2.26. The molecular weight excluding hydrogens is 254 g/mol. The van der Waals surface area contributed by atoms with Crippen LogP contribution in [0.15, 0.2) is 30.3 Å². The molecule has 110 valence electrons. The van der Waals surface area contributed by atoms with Crippen LogP contribution in [-0.4, -0.2) is 34.0 Å². The number of carboxylic acids is 1. The summed E-state index contributed by atoms with van der Waals surface area (Å²) < 4.78 is 0. The average molecular weight is 277 g/mol. The average Bonchev–Trinajstić information content (AvgIpc) is 2.35. The summed E-state index contributed by atoms with van der Waals surface area (Å²) in [7, 11) is 0. The molecule has 1 N–H and O–H groups in total. The number of aryl methyl sites for hydroxylation is 1. The van der Waals surface area contributed by atoms with Crippen molar-refractivity contribution in [2.75, 3.05) is 6.54 Å². The number of nitrogens with zero attached hydrogens (tertiary/aromatic N) is 1. The number of hydrogen-bond donors (Lipinski definition) is 1. The Balaban J connectivity index is 2.61. The Morgan fingerprint density at radius 2 is 1.70 bits per heavy atom. The van der Waals surface area contributed by atoms with Gasteiger partial charge in [0.05, 0.1) is 6.42 Å². The van der Waals surface area contributed by atoms with E-state index in [1.807, 2.05) is 51.1 Å². The third-order valence-corrected chi connectivity index (χ3v) is 3.13. The Morgan fingerprint density at radius 1 is 1.10 bits per heavy atom. The van der Waals surface area contributed by atoms with E-state index in [1.165, 1.54) is 0 Å². The molecule has 1 aromatic carbocycles. The van der Waals surface area contributed by atoms with E-state index in [2.05, 4.69) is 0 Å². The quantitative estimate of drug-likeness (QED) is 0.869. The van der Waals surface area contributed by atoms with Gasteiger partial charge in [-0.3, -0.25) is 9.59 Å². The molecule has 1 amide bonds. The summed E-state index contributed by atoms with van der Waals surface area (Å²) in [4.78, 5) is 24.7. The predicted octanol–water partition coefficient (Wildman–Crippen LogP) is 2.72. The first-order valence-corrected chi connectivity index (χ1v) is 6.87. The van der Waals surface area contributed by atoms with Gasteiger partial charge in [-0.25, -0.2) is 0 Å². The topological polar surface area (TPSA) is 57.6 Å². The third kappa shape index (κ3) is 5.43. The van der Waals surface area contributed by atoms with Gasteiger partial charge in [0.2, 0.25) is 5.91 Å². The summed E-state index contributed by atoms with van der Waals surface area (Å²) in [5.41, 5.74) is 0.761. The molecule has 0 fully saturated rings. The first kappa shape index (κ1) is 16.2. The molecule has 1 rings (SSSR count). The fraction of sp³-hybridized carbons (Fsp3) is 0.500. The highest BCUT2D eigenvalue weighted by molar-refractivity contribution is 5.78. The molecule has 0 radical (unpaired) electrons. The van der Waals surface area contributed by atoms with Gasteiger partial charge in [0.15, 0.2) is 0 Å². The number of carboxylic acid groups (broad SMARTS) is 1. The van der Waals surface area contributed by atoms with Crippen molar-refractivity contribution in [3.05, 3.63) is 35.9 Å². The van der Waals surface area contributed by atoms with Crippen molar-refractivity contribution < 1.29 is 14.7 Å². The zero-order valence-corrected chi connectivity index (χ0v) is 12.4. The molecule has 0 atom stereocenters. The van der Waals surface area contributed by atoms with Crippen LogP contribution >= 0.6 is 0 Å². The Morgan fingerprint density at radius 3 is 2.20 bits per heavy atom. The van der Waals surface area contributed by atoms with Gasteiger partial charge < -0.3 is 10.0 Å². The summed E-state index contributed by atoms with van der Waals surface area (Å²) in [5.74, 6) is -0.877. The Kier molecular flexibility index (Phi) is 5.74. The molecule has 20 heavy (non-hydrogen) atoms. The molecular formula is C16H23NO3. The molecule has 0 aliphatic heterocycles. The van der Waals surface area contributed by atoms with E-state index in [0.717, 1.165) is 5.56 Å².